The van der Waals surface area contributed by atoms with Crippen LogP contribution in [0.15, 0.2) is 58.0 Å². The lowest BCUT2D eigenvalue weighted by Gasteiger charge is -2.31. The number of nitrogens with two attached hydrogens (primary N) is 1. The van der Waals surface area contributed by atoms with Crippen molar-refractivity contribution in [3.63, 3.8) is 0 Å². The van der Waals surface area contributed by atoms with Gasteiger partial charge in [0.1, 0.15) is 15.7 Å². The van der Waals surface area contributed by atoms with Crippen molar-refractivity contribution in [3.05, 3.63) is 64.1 Å². The number of benzene rings is 2. The van der Waals surface area contributed by atoms with E-state index in [-0.39, 0.29) is 42.3 Å². The van der Waals surface area contributed by atoms with Gasteiger partial charge in [0.25, 0.3) is 11.5 Å². The van der Waals surface area contributed by atoms with Crippen molar-refractivity contribution in [2.75, 3.05) is 12.0 Å². The molecule has 0 radical (unpaired) electrons. The number of aryl methyl sites for hydroxylation is 1. The zero-order valence-corrected chi connectivity index (χ0v) is 23.1. The number of nitrogens with zero attached hydrogens (tertiary/aromatic N) is 4. The molecule has 2 N–H and O–H groups in total. The quantitative estimate of drug-likeness (QED) is 0.493. The van der Waals surface area contributed by atoms with Crippen LogP contribution in [0.4, 0.5) is 5.69 Å². The molecule has 1 aromatic heterocycles. The highest BCUT2D eigenvalue weighted by Crippen LogP contribution is 2.33. The first-order chi connectivity index (χ1) is 17.8. The minimum atomic E-state index is -3.21. The van der Waals surface area contributed by atoms with Crippen LogP contribution in [0.25, 0.3) is 28.0 Å². The summed E-state index contributed by atoms with van der Waals surface area (Å²) in [6.45, 7) is 7.99. The van der Waals surface area contributed by atoms with Crippen LogP contribution in [0.3, 0.4) is 0 Å². The van der Waals surface area contributed by atoms with Crippen molar-refractivity contribution in [1.82, 2.24) is 14.7 Å². The SMILES string of the molecule is CC(C)N(C(=O)C1=Cc2ccc(-c3ccc4c(=O)n(CCS(C)(=O)=O)ncc4c3)cc2N=C(N)C1)C(C)C. The molecule has 0 spiro atoms. The van der Waals surface area contributed by atoms with Gasteiger partial charge in [-0.25, -0.2) is 18.1 Å². The highest BCUT2D eigenvalue weighted by atomic mass is 32.2. The average molecular weight is 536 g/mol. The molecule has 2 heterocycles. The van der Waals surface area contributed by atoms with Gasteiger partial charge in [-0.3, -0.25) is 9.59 Å². The molecule has 0 saturated carbocycles. The maximum Gasteiger partial charge on any atom is 0.274 e. The Morgan fingerprint density at radius 3 is 2.39 bits per heavy atom. The Morgan fingerprint density at radius 2 is 1.74 bits per heavy atom. The molecule has 200 valence electrons. The molecule has 0 saturated heterocycles. The van der Waals surface area contributed by atoms with Gasteiger partial charge in [-0.05, 0) is 63.1 Å². The summed E-state index contributed by atoms with van der Waals surface area (Å²) in [5, 5.41) is 5.27. The summed E-state index contributed by atoms with van der Waals surface area (Å²) >= 11 is 0. The van der Waals surface area contributed by atoms with E-state index < -0.39 is 9.84 Å². The molecule has 1 amide bonds. The number of hydrogen-bond donors (Lipinski definition) is 1. The number of aromatic nitrogens is 2. The number of fused-ring (bicyclic) bond motifs is 2. The Balaban J connectivity index is 1.69. The number of aliphatic imine (C=N–C) groups is 1. The maximum absolute atomic E-state index is 13.3. The minimum Gasteiger partial charge on any atom is -0.387 e. The van der Waals surface area contributed by atoms with Crippen LogP contribution < -0.4 is 11.3 Å². The van der Waals surface area contributed by atoms with Crippen molar-refractivity contribution in [1.29, 1.82) is 0 Å². The van der Waals surface area contributed by atoms with Crippen LogP contribution in [0, 0.1) is 0 Å². The van der Waals surface area contributed by atoms with Crippen LogP contribution in [-0.2, 0) is 21.2 Å². The van der Waals surface area contributed by atoms with Crippen molar-refractivity contribution < 1.29 is 13.2 Å². The third-order valence-corrected chi connectivity index (χ3v) is 7.40. The molecule has 0 fully saturated rings. The second kappa shape index (κ2) is 10.5. The van der Waals surface area contributed by atoms with E-state index >= 15 is 0 Å². The predicted molar refractivity (Wildman–Crippen MR) is 152 cm³/mol. The number of carbonyl (C=O) groups is 1. The highest BCUT2D eigenvalue weighted by Gasteiger charge is 2.25. The molecule has 0 atom stereocenters. The summed E-state index contributed by atoms with van der Waals surface area (Å²) < 4.78 is 24.1. The zero-order valence-electron chi connectivity index (χ0n) is 22.3. The Bertz CT molecular complexity index is 1630. The van der Waals surface area contributed by atoms with E-state index in [0.29, 0.717) is 27.9 Å². The van der Waals surface area contributed by atoms with Gasteiger partial charge in [0.15, 0.2) is 0 Å². The fourth-order valence-electron chi connectivity index (χ4n) is 4.72. The van der Waals surface area contributed by atoms with Crippen molar-refractivity contribution in [2.24, 2.45) is 10.7 Å². The number of rotatable bonds is 7. The molecule has 10 heteroatoms. The summed E-state index contributed by atoms with van der Waals surface area (Å²) in [7, 11) is -3.21. The predicted octanol–water partition coefficient (Wildman–Crippen LogP) is 3.53. The van der Waals surface area contributed by atoms with Gasteiger partial charge in [0.05, 0.1) is 29.6 Å². The van der Waals surface area contributed by atoms with Gasteiger partial charge in [0.2, 0.25) is 0 Å². The average Bonchev–Trinajstić information content (AvgIpc) is 2.99. The monoisotopic (exact) mass is 535 g/mol. The zero-order chi connectivity index (χ0) is 27.8. The molecule has 9 nitrogen and oxygen atoms in total. The summed E-state index contributed by atoms with van der Waals surface area (Å²) in [5.74, 6) is 0.163. The van der Waals surface area contributed by atoms with Crippen molar-refractivity contribution in [3.8, 4) is 11.1 Å². The van der Waals surface area contributed by atoms with Crippen LogP contribution in [-0.4, -0.2) is 58.9 Å². The minimum absolute atomic E-state index is 0.00368. The van der Waals surface area contributed by atoms with E-state index in [1.165, 1.54) is 4.68 Å². The first-order valence-corrected chi connectivity index (χ1v) is 14.6. The van der Waals surface area contributed by atoms with Crippen molar-refractivity contribution in [2.45, 2.75) is 52.7 Å². The molecule has 1 aliphatic rings. The first-order valence-electron chi connectivity index (χ1n) is 12.5. The lowest BCUT2D eigenvalue weighted by atomic mass is 9.99. The standard InChI is InChI=1S/C28H33N5O4S/c1-17(2)33(18(3)4)27(34)22-13-21-7-6-20(14-25(21)31-26(29)15-22)19-8-9-24-23(12-19)16-30-32(28(24)35)10-11-38(5,36)37/h6-9,12-14,16-18H,10-11,15H2,1-5H3,(H2,29,31). The first kappa shape index (κ1) is 27.3. The molecule has 38 heavy (non-hydrogen) atoms. The summed E-state index contributed by atoms with van der Waals surface area (Å²) in [4.78, 5) is 32.6. The van der Waals surface area contributed by atoms with Gasteiger partial charge < -0.3 is 10.6 Å². The molecule has 1 aliphatic heterocycles. The number of carbonyl (C=O) groups excluding carboxylic acids is 1. The molecule has 0 bridgehead atoms. The van der Waals surface area contributed by atoms with Gasteiger partial charge in [0, 0.05) is 41.3 Å². The smallest absolute Gasteiger partial charge is 0.274 e. The number of sulfone groups is 1. The topological polar surface area (TPSA) is 128 Å². The molecule has 4 rings (SSSR count). The molecular formula is C28H33N5O4S. The van der Waals surface area contributed by atoms with Crippen LogP contribution in [0.5, 0.6) is 0 Å². The van der Waals surface area contributed by atoms with Crippen molar-refractivity contribution >= 4 is 44.1 Å². The normalized spacial score (nSPS) is 13.8. The van der Waals surface area contributed by atoms with Crippen LogP contribution in [0.2, 0.25) is 0 Å². The van der Waals surface area contributed by atoms with E-state index in [0.717, 1.165) is 22.9 Å². The fourth-order valence-corrected chi connectivity index (χ4v) is 5.22. The van der Waals surface area contributed by atoms with Gasteiger partial charge >= 0.3 is 0 Å². The van der Waals surface area contributed by atoms with Gasteiger partial charge in [-0.15, -0.1) is 0 Å². The number of hydrogen-bond acceptors (Lipinski definition) is 7. The molecule has 0 aliphatic carbocycles. The Morgan fingerprint density at radius 1 is 1.08 bits per heavy atom. The lowest BCUT2D eigenvalue weighted by molar-refractivity contribution is -0.130. The van der Waals surface area contributed by atoms with E-state index in [4.69, 9.17) is 5.73 Å². The number of amides is 1. The second-order valence-corrected chi connectivity index (χ2v) is 12.5. The van der Waals surface area contributed by atoms with Crippen LogP contribution in [0.1, 0.15) is 39.7 Å². The molecule has 3 aromatic rings. The molecular weight excluding hydrogens is 502 g/mol. The Hall–Kier alpha value is -3.79. The van der Waals surface area contributed by atoms with E-state index in [2.05, 4.69) is 10.1 Å². The summed E-state index contributed by atoms with van der Waals surface area (Å²) in [5.41, 5.74) is 9.70. The van der Waals surface area contributed by atoms with E-state index in [9.17, 15) is 18.0 Å². The van der Waals surface area contributed by atoms with Gasteiger partial charge in [-0.2, -0.15) is 5.10 Å². The lowest BCUT2D eigenvalue weighted by Crippen LogP contribution is -2.43. The second-order valence-electron chi connectivity index (χ2n) is 10.2. The molecule has 2 aromatic carbocycles. The summed E-state index contributed by atoms with van der Waals surface area (Å²) in [6, 6.07) is 11.3. The highest BCUT2D eigenvalue weighted by molar-refractivity contribution is 7.90. The summed E-state index contributed by atoms with van der Waals surface area (Å²) in [6.07, 6.45) is 4.83. The molecule has 0 unspecified atom stereocenters. The Kier molecular flexibility index (Phi) is 7.55. The largest absolute Gasteiger partial charge is 0.387 e. The third-order valence-electron chi connectivity index (χ3n) is 6.48. The third kappa shape index (κ3) is 5.85. The van der Waals surface area contributed by atoms with E-state index in [1.807, 2.05) is 69.0 Å². The fraction of sp³-hybridized carbons (Fsp3) is 0.357. The number of amidine groups is 1. The van der Waals surface area contributed by atoms with Gasteiger partial charge in [-0.1, -0.05) is 18.2 Å². The van der Waals surface area contributed by atoms with Crippen LogP contribution >= 0.6 is 0 Å². The van der Waals surface area contributed by atoms with E-state index in [1.54, 1.807) is 12.3 Å². The maximum atomic E-state index is 13.3. The Labute approximate surface area is 222 Å².